The molecule has 4 aromatic rings. The molecule has 0 radical (unpaired) electrons. The van der Waals surface area contributed by atoms with E-state index >= 15 is 0 Å². The Bertz CT molecular complexity index is 1270. The average Bonchev–Trinajstić information content (AvgIpc) is 3.30. The number of aryl methyl sites for hydroxylation is 1. The molecule has 1 N–H and O–H groups in total. The second-order valence-electron chi connectivity index (χ2n) is 6.88. The minimum absolute atomic E-state index is 0.0313. The molecule has 0 fully saturated rings. The molecule has 0 unspecified atom stereocenters. The number of carbonyl (C=O) groups excluding carboxylic acids is 1. The molecule has 160 valence electrons. The molecule has 3 aromatic carbocycles. The van der Waals surface area contributed by atoms with E-state index in [1.807, 2.05) is 31.2 Å². The third-order valence-electron chi connectivity index (χ3n) is 4.66. The summed E-state index contributed by atoms with van der Waals surface area (Å²) >= 11 is 0. The van der Waals surface area contributed by atoms with E-state index in [9.17, 15) is 14.9 Å². The fraction of sp³-hybridized carbons (Fsp3) is 0.0870. The summed E-state index contributed by atoms with van der Waals surface area (Å²) < 4.78 is 11.0. The molecule has 0 aliphatic carbocycles. The molecule has 9 nitrogen and oxygen atoms in total. The van der Waals surface area contributed by atoms with Crippen LogP contribution in [-0.2, 0) is 4.79 Å². The summed E-state index contributed by atoms with van der Waals surface area (Å²) in [7, 11) is 0. The van der Waals surface area contributed by atoms with Gasteiger partial charge < -0.3 is 14.6 Å². The van der Waals surface area contributed by atoms with Crippen LogP contribution in [0.1, 0.15) is 5.56 Å². The maximum Gasteiger partial charge on any atom is 0.269 e. The molecule has 4 rings (SSSR count). The van der Waals surface area contributed by atoms with Gasteiger partial charge in [0, 0.05) is 23.4 Å². The molecule has 0 aliphatic heterocycles. The quantitative estimate of drug-likeness (QED) is 0.335. The van der Waals surface area contributed by atoms with Crippen molar-refractivity contribution in [1.82, 2.24) is 10.1 Å². The van der Waals surface area contributed by atoms with Crippen LogP contribution in [0.15, 0.2) is 77.3 Å². The maximum atomic E-state index is 12.3. The maximum absolute atomic E-state index is 12.3. The van der Waals surface area contributed by atoms with Crippen molar-refractivity contribution in [3.63, 3.8) is 0 Å². The summed E-state index contributed by atoms with van der Waals surface area (Å²) in [5.74, 6) is 0.604. The molecule has 9 heteroatoms. The van der Waals surface area contributed by atoms with Crippen LogP contribution in [0.2, 0.25) is 0 Å². The highest BCUT2D eigenvalue weighted by atomic mass is 16.6. The number of nitrogens with one attached hydrogen (secondary N) is 1. The second kappa shape index (κ2) is 9.09. The number of hydrogen-bond acceptors (Lipinski definition) is 7. The van der Waals surface area contributed by atoms with E-state index in [1.165, 1.54) is 24.3 Å². The van der Waals surface area contributed by atoms with E-state index in [0.29, 0.717) is 16.9 Å². The fourth-order valence-corrected chi connectivity index (χ4v) is 3.00. The van der Waals surface area contributed by atoms with Crippen LogP contribution in [-0.4, -0.2) is 27.6 Å². The van der Waals surface area contributed by atoms with E-state index in [0.717, 1.165) is 11.3 Å². The molecule has 0 bridgehead atoms. The van der Waals surface area contributed by atoms with Crippen LogP contribution in [0, 0.1) is 17.0 Å². The number of anilines is 1. The van der Waals surface area contributed by atoms with Crippen molar-refractivity contribution in [2.75, 3.05) is 11.9 Å². The number of hydrogen-bond donors (Lipinski definition) is 1. The summed E-state index contributed by atoms with van der Waals surface area (Å²) in [6, 6.07) is 20.3. The largest absolute Gasteiger partial charge is 0.483 e. The van der Waals surface area contributed by atoms with E-state index in [4.69, 9.17) is 9.26 Å². The first-order chi connectivity index (χ1) is 15.5. The van der Waals surface area contributed by atoms with Crippen molar-refractivity contribution in [2.24, 2.45) is 0 Å². The molecule has 1 aromatic heterocycles. The van der Waals surface area contributed by atoms with Gasteiger partial charge in [-0.05, 0) is 42.8 Å². The summed E-state index contributed by atoms with van der Waals surface area (Å²) in [5.41, 5.74) is 2.74. The lowest BCUT2D eigenvalue weighted by Gasteiger charge is -2.11. The number of carbonyl (C=O) groups is 1. The van der Waals surface area contributed by atoms with Crippen molar-refractivity contribution in [3.05, 3.63) is 88.5 Å². The van der Waals surface area contributed by atoms with Gasteiger partial charge in [-0.15, -0.1) is 0 Å². The highest BCUT2D eigenvalue weighted by molar-refractivity contribution is 5.92. The third kappa shape index (κ3) is 4.62. The zero-order chi connectivity index (χ0) is 22.5. The molecular weight excluding hydrogens is 412 g/mol. The lowest BCUT2D eigenvalue weighted by Crippen LogP contribution is -2.20. The highest BCUT2D eigenvalue weighted by Crippen LogP contribution is 2.30. The molecule has 0 saturated carbocycles. The Labute approximate surface area is 182 Å². The summed E-state index contributed by atoms with van der Waals surface area (Å²) in [6.45, 7) is 1.71. The zero-order valence-electron chi connectivity index (χ0n) is 17.0. The Morgan fingerprint density at radius 1 is 1.06 bits per heavy atom. The zero-order valence-corrected chi connectivity index (χ0v) is 17.0. The fourth-order valence-electron chi connectivity index (χ4n) is 3.00. The summed E-state index contributed by atoms with van der Waals surface area (Å²) in [6.07, 6.45) is 0. The minimum atomic E-state index is -0.480. The first-order valence-electron chi connectivity index (χ1n) is 9.67. The van der Waals surface area contributed by atoms with Gasteiger partial charge in [-0.3, -0.25) is 14.9 Å². The highest BCUT2D eigenvalue weighted by Gasteiger charge is 2.16. The molecule has 0 aliphatic rings. The summed E-state index contributed by atoms with van der Waals surface area (Å²) in [5, 5.41) is 17.6. The first kappa shape index (κ1) is 20.7. The number of nitrogens with zero attached hydrogens (tertiary/aromatic N) is 3. The Morgan fingerprint density at radius 3 is 2.53 bits per heavy atom. The molecular formula is C23H18N4O5. The van der Waals surface area contributed by atoms with Gasteiger partial charge in [0.2, 0.25) is 5.82 Å². The minimum Gasteiger partial charge on any atom is -0.483 e. The van der Waals surface area contributed by atoms with Gasteiger partial charge in [0.25, 0.3) is 17.5 Å². The SMILES string of the molecule is Cc1ccccc1NC(=O)COc1ccccc1-c1noc(-c2ccc([N+](=O)[O-])cc2)n1. The van der Waals surface area contributed by atoms with E-state index < -0.39 is 4.92 Å². The van der Waals surface area contributed by atoms with Gasteiger partial charge in [-0.25, -0.2) is 0 Å². The molecule has 0 saturated heterocycles. The summed E-state index contributed by atoms with van der Waals surface area (Å²) in [4.78, 5) is 27.0. The van der Waals surface area contributed by atoms with E-state index in [1.54, 1.807) is 24.3 Å². The molecule has 0 atom stereocenters. The Kier molecular flexibility index (Phi) is 5.89. The lowest BCUT2D eigenvalue weighted by atomic mass is 10.2. The van der Waals surface area contributed by atoms with Crippen LogP contribution >= 0.6 is 0 Å². The van der Waals surface area contributed by atoms with Crippen LogP contribution < -0.4 is 10.1 Å². The van der Waals surface area contributed by atoms with E-state index in [-0.39, 0.29) is 29.9 Å². The number of non-ortho nitro benzene ring substituents is 1. The van der Waals surface area contributed by atoms with Gasteiger partial charge in [0.15, 0.2) is 6.61 Å². The Balaban J connectivity index is 1.48. The van der Waals surface area contributed by atoms with E-state index in [2.05, 4.69) is 15.5 Å². The molecule has 32 heavy (non-hydrogen) atoms. The van der Waals surface area contributed by atoms with Crippen molar-refractivity contribution in [1.29, 1.82) is 0 Å². The number of benzene rings is 3. The molecule has 1 amide bonds. The van der Waals surface area contributed by atoms with Gasteiger partial charge >= 0.3 is 0 Å². The number of para-hydroxylation sites is 2. The number of nitro groups is 1. The number of nitro benzene ring substituents is 1. The topological polar surface area (TPSA) is 120 Å². The molecule has 0 spiro atoms. The van der Waals surface area contributed by atoms with Crippen LogP contribution in [0.4, 0.5) is 11.4 Å². The Hall–Kier alpha value is -4.53. The number of rotatable bonds is 7. The van der Waals surface area contributed by atoms with Gasteiger partial charge in [-0.2, -0.15) is 4.98 Å². The van der Waals surface area contributed by atoms with Gasteiger partial charge in [-0.1, -0.05) is 35.5 Å². The lowest BCUT2D eigenvalue weighted by molar-refractivity contribution is -0.384. The van der Waals surface area contributed by atoms with Gasteiger partial charge in [0.1, 0.15) is 5.75 Å². The van der Waals surface area contributed by atoms with Crippen LogP contribution in [0.25, 0.3) is 22.8 Å². The predicted octanol–water partition coefficient (Wildman–Crippen LogP) is 4.64. The van der Waals surface area contributed by atoms with Crippen LogP contribution in [0.5, 0.6) is 5.75 Å². The van der Waals surface area contributed by atoms with Crippen molar-refractivity contribution in [3.8, 4) is 28.6 Å². The first-order valence-corrected chi connectivity index (χ1v) is 9.67. The van der Waals surface area contributed by atoms with Crippen molar-refractivity contribution >= 4 is 17.3 Å². The van der Waals surface area contributed by atoms with Gasteiger partial charge in [0.05, 0.1) is 10.5 Å². The molecule has 1 heterocycles. The predicted molar refractivity (Wildman–Crippen MR) is 117 cm³/mol. The number of aromatic nitrogens is 2. The third-order valence-corrected chi connectivity index (χ3v) is 4.66. The monoisotopic (exact) mass is 430 g/mol. The Morgan fingerprint density at radius 2 is 1.78 bits per heavy atom. The van der Waals surface area contributed by atoms with Crippen molar-refractivity contribution in [2.45, 2.75) is 6.92 Å². The van der Waals surface area contributed by atoms with Crippen molar-refractivity contribution < 1.29 is 19.0 Å². The standard InChI is InChI=1S/C23H18N4O5/c1-15-6-2-4-8-19(15)24-21(28)14-31-20-9-5-3-7-18(20)22-25-23(32-26-22)16-10-12-17(13-11-16)27(29)30/h2-13H,14H2,1H3,(H,24,28). The smallest absolute Gasteiger partial charge is 0.269 e. The van der Waals surface area contributed by atoms with Crippen LogP contribution in [0.3, 0.4) is 0 Å². The second-order valence-corrected chi connectivity index (χ2v) is 6.88. The number of amides is 1. The number of ether oxygens (including phenoxy) is 1. The normalized spacial score (nSPS) is 10.5. The average molecular weight is 430 g/mol.